The van der Waals surface area contributed by atoms with E-state index >= 15 is 0 Å². The van der Waals surface area contributed by atoms with E-state index in [0.29, 0.717) is 5.75 Å². The Labute approximate surface area is 76.2 Å². The van der Waals surface area contributed by atoms with Crippen LogP contribution in [-0.4, -0.2) is 34.8 Å². The first kappa shape index (κ1) is 8.10. The van der Waals surface area contributed by atoms with Gasteiger partial charge in [0.1, 0.15) is 0 Å². The largest absolute Gasteiger partial charge is 0.351 e. The molecule has 0 aromatic carbocycles. The number of piperidine rings is 1. The fourth-order valence-electron chi connectivity index (χ4n) is 1.54. The van der Waals surface area contributed by atoms with Crippen LogP contribution in [-0.2, 0) is 4.79 Å². The molecule has 4 heteroatoms. The van der Waals surface area contributed by atoms with Crippen LogP contribution in [0.15, 0.2) is 4.99 Å². The maximum atomic E-state index is 10.9. The number of aliphatic imine (C=N–C) groups is 1. The molecule has 66 valence electrons. The Kier molecular flexibility index (Phi) is 2.35. The van der Waals surface area contributed by atoms with Gasteiger partial charge in [0.2, 0.25) is 0 Å². The minimum Gasteiger partial charge on any atom is -0.351 e. The van der Waals surface area contributed by atoms with E-state index < -0.39 is 0 Å². The Bertz CT molecular complexity index is 221. The molecule has 2 heterocycles. The quantitative estimate of drug-likeness (QED) is 0.565. The van der Waals surface area contributed by atoms with Gasteiger partial charge in [0.05, 0.1) is 5.75 Å². The van der Waals surface area contributed by atoms with Gasteiger partial charge in [-0.05, 0) is 19.3 Å². The van der Waals surface area contributed by atoms with Gasteiger partial charge in [0, 0.05) is 13.1 Å². The van der Waals surface area contributed by atoms with Crippen molar-refractivity contribution in [3.05, 3.63) is 0 Å². The van der Waals surface area contributed by atoms with Crippen molar-refractivity contribution in [2.24, 2.45) is 4.99 Å². The molecule has 1 fully saturated rings. The molecule has 2 aliphatic rings. The molecule has 0 radical (unpaired) electrons. The van der Waals surface area contributed by atoms with Crippen LogP contribution in [0.25, 0.3) is 0 Å². The predicted octanol–water partition coefficient (Wildman–Crippen LogP) is 1.10. The predicted molar refractivity (Wildman–Crippen MR) is 50.3 cm³/mol. The highest BCUT2D eigenvalue weighted by Gasteiger charge is 2.21. The molecule has 0 aromatic heterocycles. The average Bonchev–Trinajstić information content (AvgIpc) is 2.54. The number of thioether (sulfide) groups is 1. The summed E-state index contributed by atoms with van der Waals surface area (Å²) in [6, 6.07) is 0. The molecule has 0 aromatic rings. The summed E-state index contributed by atoms with van der Waals surface area (Å²) < 4.78 is 0. The molecule has 0 unspecified atom stereocenters. The van der Waals surface area contributed by atoms with Crippen LogP contribution in [0, 0.1) is 0 Å². The van der Waals surface area contributed by atoms with E-state index in [1.165, 1.54) is 19.3 Å². The molecule has 1 amide bonds. The van der Waals surface area contributed by atoms with Gasteiger partial charge in [-0.3, -0.25) is 4.79 Å². The van der Waals surface area contributed by atoms with E-state index in [0.717, 1.165) is 18.3 Å². The van der Waals surface area contributed by atoms with Crippen molar-refractivity contribution >= 4 is 22.8 Å². The van der Waals surface area contributed by atoms with Gasteiger partial charge < -0.3 is 4.90 Å². The topological polar surface area (TPSA) is 32.7 Å². The highest BCUT2D eigenvalue weighted by molar-refractivity contribution is 8.14. The lowest BCUT2D eigenvalue weighted by atomic mass is 10.1. The minimum absolute atomic E-state index is 0.0283. The number of rotatable bonds is 0. The van der Waals surface area contributed by atoms with Crippen molar-refractivity contribution in [1.82, 2.24) is 4.90 Å². The summed E-state index contributed by atoms with van der Waals surface area (Å²) in [6.07, 6.45) is 3.81. The first-order chi connectivity index (χ1) is 5.86. The van der Waals surface area contributed by atoms with Crippen LogP contribution in [0.5, 0.6) is 0 Å². The van der Waals surface area contributed by atoms with Crippen LogP contribution >= 0.6 is 11.8 Å². The number of carbonyl (C=O) groups excluding carboxylic acids is 1. The monoisotopic (exact) mass is 184 g/mol. The van der Waals surface area contributed by atoms with E-state index in [2.05, 4.69) is 9.89 Å². The first-order valence-electron chi connectivity index (χ1n) is 4.35. The maximum absolute atomic E-state index is 10.9. The van der Waals surface area contributed by atoms with Crippen LogP contribution in [0.1, 0.15) is 19.3 Å². The smallest absolute Gasteiger partial charge is 0.258 e. The molecule has 3 nitrogen and oxygen atoms in total. The Morgan fingerprint density at radius 3 is 2.58 bits per heavy atom. The second-order valence-electron chi connectivity index (χ2n) is 3.12. The standard InChI is InChI=1S/C8H12N2OS/c11-7-6-12-8(9-7)10-4-2-1-3-5-10/h1-6H2. The lowest BCUT2D eigenvalue weighted by molar-refractivity contribution is -0.115. The molecular formula is C8H12N2OS. The molecule has 2 aliphatic heterocycles. The molecule has 1 saturated heterocycles. The summed E-state index contributed by atoms with van der Waals surface area (Å²) in [7, 11) is 0. The Balaban J connectivity index is 1.99. The molecule has 0 N–H and O–H groups in total. The van der Waals surface area contributed by atoms with Gasteiger partial charge in [0.15, 0.2) is 5.17 Å². The summed E-state index contributed by atoms with van der Waals surface area (Å²) in [4.78, 5) is 17.1. The van der Waals surface area contributed by atoms with Gasteiger partial charge in [0.25, 0.3) is 5.91 Å². The van der Waals surface area contributed by atoms with Crippen LogP contribution in [0.2, 0.25) is 0 Å². The number of nitrogens with zero attached hydrogens (tertiary/aromatic N) is 2. The van der Waals surface area contributed by atoms with Crippen molar-refractivity contribution in [3.8, 4) is 0 Å². The third kappa shape index (κ3) is 1.63. The van der Waals surface area contributed by atoms with Gasteiger partial charge in [-0.2, -0.15) is 4.99 Å². The summed E-state index contributed by atoms with van der Waals surface area (Å²) >= 11 is 1.58. The number of likely N-dealkylation sites (tertiary alicyclic amines) is 1. The Morgan fingerprint density at radius 2 is 2.00 bits per heavy atom. The SMILES string of the molecule is O=C1CSC(N2CCCCC2)=N1. The van der Waals surface area contributed by atoms with Gasteiger partial charge in [-0.25, -0.2) is 0 Å². The molecule has 0 saturated carbocycles. The molecule has 12 heavy (non-hydrogen) atoms. The average molecular weight is 184 g/mol. The molecule has 0 spiro atoms. The number of amides is 1. The van der Waals surface area contributed by atoms with Gasteiger partial charge in [-0.1, -0.05) is 11.8 Å². The van der Waals surface area contributed by atoms with Crippen molar-refractivity contribution in [3.63, 3.8) is 0 Å². The first-order valence-corrected chi connectivity index (χ1v) is 5.34. The van der Waals surface area contributed by atoms with E-state index in [1.807, 2.05) is 0 Å². The molecule has 0 aliphatic carbocycles. The van der Waals surface area contributed by atoms with E-state index in [1.54, 1.807) is 11.8 Å². The van der Waals surface area contributed by atoms with Crippen LogP contribution in [0.3, 0.4) is 0 Å². The normalized spacial score (nSPS) is 24.5. The molecule has 0 bridgehead atoms. The fraction of sp³-hybridized carbons (Fsp3) is 0.750. The van der Waals surface area contributed by atoms with Crippen molar-refractivity contribution in [2.75, 3.05) is 18.8 Å². The number of amidine groups is 1. The van der Waals surface area contributed by atoms with E-state index in [-0.39, 0.29) is 5.91 Å². The molecular weight excluding hydrogens is 172 g/mol. The zero-order valence-corrected chi connectivity index (χ0v) is 7.77. The van der Waals surface area contributed by atoms with Gasteiger partial charge >= 0.3 is 0 Å². The van der Waals surface area contributed by atoms with E-state index in [4.69, 9.17) is 0 Å². The number of carbonyl (C=O) groups is 1. The summed E-state index contributed by atoms with van der Waals surface area (Å²) in [5.41, 5.74) is 0. The van der Waals surface area contributed by atoms with Crippen molar-refractivity contribution < 1.29 is 4.79 Å². The van der Waals surface area contributed by atoms with Gasteiger partial charge in [-0.15, -0.1) is 0 Å². The zero-order valence-electron chi connectivity index (χ0n) is 6.95. The zero-order chi connectivity index (χ0) is 8.39. The Hall–Kier alpha value is -0.510. The summed E-state index contributed by atoms with van der Waals surface area (Å²) in [6.45, 7) is 2.16. The number of hydrogen-bond donors (Lipinski definition) is 0. The van der Waals surface area contributed by atoms with Crippen molar-refractivity contribution in [2.45, 2.75) is 19.3 Å². The van der Waals surface area contributed by atoms with Crippen LogP contribution < -0.4 is 0 Å². The summed E-state index contributed by atoms with van der Waals surface area (Å²) in [5.74, 6) is 0.576. The minimum atomic E-state index is 0.0283. The number of hydrogen-bond acceptors (Lipinski definition) is 3. The third-order valence-corrected chi connectivity index (χ3v) is 3.17. The Morgan fingerprint density at radius 1 is 1.25 bits per heavy atom. The highest BCUT2D eigenvalue weighted by atomic mass is 32.2. The maximum Gasteiger partial charge on any atom is 0.258 e. The second kappa shape index (κ2) is 3.47. The molecule has 2 rings (SSSR count). The highest BCUT2D eigenvalue weighted by Crippen LogP contribution is 2.20. The second-order valence-corrected chi connectivity index (χ2v) is 4.07. The lowest BCUT2D eigenvalue weighted by Gasteiger charge is -2.27. The third-order valence-electron chi connectivity index (χ3n) is 2.17. The van der Waals surface area contributed by atoms with Crippen LogP contribution in [0.4, 0.5) is 0 Å². The fourth-order valence-corrected chi connectivity index (χ4v) is 2.39. The molecule has 0 atom stereocenters. The van der Waals surface area contributed by atoms with Crippen molar-refractivity contribution in [1.29, 1.82) is 0 Å². The lowest BCUT2D eigenvalue weighted by Crippen LogP contribution is -2.33. The van der Waals surface area contributed by atoms with E-state index in [9.17, 15) is 4.79 Å². The summed E-state index contributed by atoms with van der Waals surface area (Å²) in [5, 5.41) is 0.958.